The Morgan fingerprint density at radius 1 is 0.833 bits per heavy atom. The second-order valence-corrected chi connectivity index (χ2v) is 5.22. The molecule has 0 aromatic rings. The van der Waals surface area contributed by atoms with Gasteiger partial charge in [-0.15, -0.1) is 0 Å². The van der Waals surface area contributed by atoms with Crippen LogP contribution in [0.15, 0.2) is 24.8 Å². The van der Waals surface area contributed by atoms with Crippen LogP contribution in [0, 0.1) is 0 Å². The van der Waals surface area contributed by atoms with Crippen LogP contribution in [0.5, 0.6) is 0 Å². The molecule has 0 radical (unpaired) electrons. The average Bonchev–Trinajstić information content (AvgIpc) is 1.97. The molecule has 0 saturated heterocycles. The van der Waals surface area contributed by atoms with Gasteiger partial charge in [-0.3, -0.25) is 0 Å². The molecule has 0 bridgehead atoms. The summed E-state index contributed by atoms with van der Waals surface area (Å²) in [7, 11) is -6.36. The summed E-state index contributed by atoms with van der Waals surface area (Å²) in [6.45, 7) is 0. The molecule has 0 fully saturated rings. The fourth-order valence-electron chi connectivity index (χ4n) is 0.542. The van der Waals surface area contributed by atoms with Crippen molar-refractivity contribution in [2.24, 2.45) is 0 Å². The van der Waals surface area contributed by atoms with Gasteiger partial charge >= 0.3 is 66.0 Å². The Balaban J connectivity index is 4.27. The zero-order valence-electron chi connectivity index (χ0n) is 6.06. The van der Waals surface area contributed by atoms with E-state index >= 15 is 0 Å². The summed E-state index contributed by atoms with van der Waals surface area (Å²) < 4.78 is 60.1. The molecule has 0 aromatic heterocycles. The Hall–Kier alpha value is -0.440. The van der Waals surface area contributed by atoms with Gasteiger partial charge in [0.2, 0.25) is 0 Å². The molecule has 0 atom stereocenters. The molecule has 0 aliphatic rings. The normalized spacial score (nSPS) is 16.9. The summed E-state index contributed by atoms with van der Waals surface area (Å²) in [5.74, 6) is 0. The maximum atomic E-state index is 12.5. The zero-order chi connectivity index (χ0) is 9.69. The van der Waals surface area contributed by atoms with Crippen molar-refractivity contribution in [3.05, 3.63) is 24.8 Å². The minimum absolute atomic E-state index is 0.153. The van der Waals surface area contributed by atoms with Gasteiger partial charge in [0.15, 0.2) is 0 Å². The number of hydrogen-bond donors (Lipinski definition) is 0. The average molecular weight is 206 g/mol. The predicted molar refractivity (Wildman–Crippen MR) is 40.5 cm³/mol. The predicted octanol–water partition coefficient (Wildman–Crippen LogP) is 4.16. The summed E-state index contributed by atoms with van der Waals surface area (Å²) >= 11 is 0. The van der Waals surface area contributed by atoms with E-state index in [0.29, 0.717) is 12.2 Å². The Morgan fingerprint density at radius 2 is 1.17 bits per heavy atom. The van der Waals surface area contributed by atoms with Crippen LogP contribution in [0.25, 0.3) is 0 Å². The minimum atomic E-state index is -6.36. The van der Waals surface area contributed by atoms with Gasteiger partial charge in [-0.1, -0.05) is 0 Å². The van der Waals surface area contributed by atoms with Crippen LogP contribution in [0.2, 0.25) is 0 Å². The van der Waals surface area contributed by atoms with Crippen LogP contribution in [-0.2, 0) is 0 Å². The molecule has 0 amide bonds. The Kier molecular flexibility index (Phi) is 3.84. The molecule has 0 nitrogen and oxygen atoms in total. The Labute approximate surface area is 67.0 Å². The first-order chi connectivity index (χ1) is 5.39. The molecule has 0 aromatic carbocycles. The molecule has 0 spiro atoms. The second kappa shape index (κ2) is 3.99. The van der Waals surface area contributed by atoms with E-state index in [1.807, 2.05) is 0 Å². The molecular weight excluding hydrogens is 198 g/mol. The van der Waals surface area contributed by atoms with Crippen molar-refractivity contribution in [1.82, 2.24) is 0 Å². The van der Waals surface area contributed by atoms with Crippen LogP contribution in [0.4, 0.5) is 21.4 Å². The first kappa shape index (κ1) is 11.6. The van der Waals surface area contributed by atoms with E-state index in [9.17, 15) is 21.4 Å². The number of rotatable bonds is 4. The molecule has 12 heavy (non-hydrogen) atoms. The van der Waals surface area contributed by atoms with Gasteiger partial charge in [0.05, 0.1) is 0 Å². The third-order valence-corrected chi connectivity index (χ3v) is 2.83. The van der Waals surface area contributed by atoms with E-state index in [1.54, 1.807) is 0 Å². The first-order valence-corrected chi connectivity index (χ1v) is 5.34. The van der Waals surface area contributed by atoms with Crippen LogP contribution < -0.4 is 0 Å². The quantitative estimate of drug-likeness (QED) is 0.478. The molecule has 0 saturated carbocycles. The molecule has 6 heteroatoms. The number of hydrogen-bond acceptors (Lipinski definition) is 0. The van der Waals surface area contributed by atoms with E-state index in [-0.39, 0.29) is 12.7 Å². The van der Waals surface area contributed by atoms with Crippen molar-refractivity contribution >= 4 is 7.54 Å². The van der Waals surface area contributed by atoms with E-state index in [4.69, 9.17) is 0 Å². The maximum absolute atomic E-state index is 12.5. The third kappa shape index (κ3) is 5.24. The zero-order valence-corrected chi connectivity index (χ0v) is 6.96. The molecule has 0 N–H and O–H groups in total. The standard InChI is InChI=1S/C6H8F5P/c7-3-1-5-12(9,10,11)6-2-4-8/h1-4H,5-6H2. The summed E-state index contributed by atoms with van der Waals surface area (Å²) in [5.41, 5.74) is 0. The molecule has 0 unspecified atom stereocenters. The van der Waals surface area contributed by atoms with E-state index < -0.39 is 19.9 Å². The van der Waals surface area contributed by atoms with Crippen molar-refractivity contribution in [2.45, 2.75) is 0 Å². The van der Waals surface area contributed by atoms with E-state index in [0.717, 1.165) is 0 Å². The molecule has 0 heterocycles. The van der Waals surface area contributed by atoms with Crippen LogP contribution in [-0.4, -0.2) is 12.3 Å². The molecular formula is C6H8F5P. The monoisotopic (exact) mass is 206 g/mol. The fourth-order valence-corrected chi connectivity index (χ4v) is 1.63. The van der Waals surface area contributed by atoms with Gasteiger partial charge < -0.3 is 0 Å². The Bertz CT molecular complexity index is 172. The third-order valence-electron chi connectivity index (χ3n) is 1.06. The van der Waals surface area contributed by atoms with Gasteiger partial charge in [-0.2, -0.15) is 0 Å². The van der Waals surface area contributed by atoms with Crippen LogP contribution in [0.3, 0.4) is 0 Å². The van der Waals surface area contributed by atoms with Gasteiger partial charge in [-0.05, 0) is 0 Å². The van der Waals surface area contributed by atoms with Gasteiger partial charge in [0.25, 0.3) is 0 Å². The van der Waals surface area contributed by atoms with Crippen molar-refractivity contribution in [2.75, 3.05) is 12.3 Å². The van der Waals surface area contributed by atoms with E-state index in [2.05, 4.69) is 0 Å². The SMILES string of the molecule is FC=CCP(F)(F)(F)CC=CF. The van der Waals surface area contributed by atoms with Crippen molar-refractivity contribution in [3.8, 4) is 0 Å². The number of allylic oxidation sites excluding steroid dienone is 2. The summed E-state index contributed by atoms with van der Waals surface area (Å²) in [5, 5.41) is 0. The molecule has 0 rings (SSSR count). The molecule has 0 aliphatic heterocycles. The van der Waals surface area contributed by atoms with Crippen molar-refractivity contribution in [3.63, 3.8) is 0 Å². The van der Waals surface area contributed by atoms with Crippen molar-refractivity contribution < 1.29 is 21.4 Å². The van der Waals surface area contributed by atoms with E-state index in [1.165, 1.54) is 0 Å². The first-order valence-electron chi connectivity index (χ1n) is 3.06. The molecule has 72 valence electrons. The van der Waals surface area contributed by atoms with Crippen LogP contribution in [0.1, 0.15) is 0 Å². The second-order valence-electron chi connectivity index (χ2n) is 2.22. The summed E-state index contributed by atoms with van der Waals surface area (Å²) in [6, 6.07) is 0. The fraction of sp³-hybridized carbons (Fsp3) is 0.333. The molecule has 0 aliphatic carbocycles. The summed E-state index contributed by atoms with van der Waals surface area (Å²) in [4.78, 5) is 0. The summed E-state index contributed by atoms with van der Waals surface area (Å²) in [6.07, 6.45) is -2.06. The Morgan fingerprint density at radius 3 is 1.42 bits per heavy atom. The van der Waals surface area contributed by atoms with Gasteiger partial charge in [0, 0.05) is 0 Å². The van der Waals surface area contributed by atoms with Crippen molar-refractivity contribution in [1.29, 1.82) is 0 Å². The topological polar surface area (TPSA) is 0 Å². The van der Waals surface area contributed by atoms with Crippen LogP contribution >= 0.6 is 7.54 Å². The van der Waals surface area contributed by atoms with Gasteiger partial charge in [-0.25, -0.2) is 0 Å². The number of halogens is 5. The van der Waals surface area contributed by atoms with Gasteiger partial charge in [0.1, 0.15) is 0 Å².